The Labute approximate surface area is 138 Å². The number of rotatable bonds is 4. The topological polar surface area (TPSA) is 61.6 Å². The summed E-state index contributed by atoms with van der Waals surface area (Å²) in [5.41, 5.74) is 0.960. The molecule has 1 aliphatic heterocycles. The van der Waals surface area contributed by atoms with Gasteiger partial charge in [0.25, 0.3) is 5.69 Å². The van der Waals surface area contributed by atoms with E-state index in [0.29, 0.717) is 11.0 Å². The lowest BCUT2D eigenvalue weighted by molar-refractivity contribution is -0.883. The molecule has 1 saturated heterocycles. The minimum absolute atomic E-state index is 0.0914. The van der Waals surface area contributed by atoms with Crippen molar-refractivity contribution in [2.75, 3.05) is 21.1 Å². The summed E-state index contributed by atoms with van der Waals surface area (Å²) in [6.07, 6.45) is 0. The fraction of sp³-hybridized carbons (Fsp3) is 0.625. The molecule has 1 aromatic carbocycles. The van der Waals surface area contributed by atoms with Crippen LogP contribution in [0.2, 0.25) is 0 Å². The quantitative estimate of drug-likeness (QED) is 0.369. The van der Waals surface area contributed by atoms with Crippen LogP contribution in [0.1, 0.15) is 33.3 Å². The highest BCUT2D eigenvalue weighted by atomic mass is 16.7. The summed E-state index contributed by atoms with van der Waals surface area (Å²) >= 11 is 0. The van der Waals surface area contributed by atoms with Crippen molar-refractivity contribution in [2.45, 2.75) is 45.4 Å². The van der Waals surface area contributed by atoms with E-state index in [4.69, 9.17) is 9.31 Å². The third-order valence-electron chi connectivity index (χ3n) is 4.49. The Kier molecular flexibility index (Phi) is 4.34. The van der Waals surface area contributed by atoms with Crippen molar-refractivity contribution in [2.24, 2.45) is 0 Å². The van der Waals surface area contributed by atoms with E-state index in [-0.39, 0.29) is 10.6 Å². The Balaban J connectivity index is 2.44. The zero-order valence-corrected chi connectivity index (χ0v) is 15.0. The van der Waals surface area contributed by atoms with Gasteiger partial charge >= 0.3 is 7.12 Å². The minimum atomic E-state index is -0.512. The van der Waals surface area contributed by atoms with Crippen LogP contribution in [0.3, 0.4) is 0 Å². The van der Waals surface area contributed by atoms with Crippen LogP contribution in [-0.2, 0) is 15.9 Å². The van der Waals surface area contributed by atoms with Gasteiger partial charge in [-0.25, -0.2) is 0 Å². The van der Waals surface area contributed by atoms with Gasteiger partial charge in [0, 0.05) is 17.7 Å². The van der Waals surface area contributed by atoms with E-state index in [2.05, 4.69) is 0 Å². The van der Waals surface area contributed by atoms with E-state index in [9.17, 15) is 10.1 Å². The maximum Gasteiger partial charge on any atom is 0.495 e. The van der Waals surface area contributed by atoms with Gasteiger partial charge in [-0.05, 0) is 33.2 Å². The van der Waals surface area contributed by atoms with E-state index in [0.717, 1.165) is 11.0 Å². The van der Waals surface area contributed by atoms with E-state index < -0.39 is 18.3 Å². The van der Waals surface area contributed by atoms with Gasteiger partial charge in [0.1, 0.15) is 6.54 Å². The highest BCUT2D eigenvalue weighted by Crippen LogP contribution is 2.37. The molecular weight excluding hydrogens is 295 g/mol. The second-order valence-electron chi connectivity index (χ2n) is 8.18. The molecule has 126 valence electrons. The molecule has 2 rings (SSSR count). The summed E-state index contributed by atoms with van der Waals surface area (Å²) in [7, 11) is 5.63. The largest absolute Gasteiger partial charge is 0.495 e. The van der Waals surface area contributed by atoms with E-state index in [1.807, 2.05) is 48.8 Å². The second-order valence-corrected chi connectivity index (χ2v) is 8.18. The fourth-order valence-corrected chi connectivity index (χ4v) is 2.55. The summed E-state index contributed by atoms with van der Waals surface area (Å²) < 4.78 is 12.9. The first-order valence-corrected chi connectivity index (χ1v) is 7.76. The number of non-ortho nitro benzene ring substituents is 1. The molecule has 1 fully saturated rings. The molecule has 1 heterocycles. The average molecular weight is 321 g/mol. The molecule has 7 heteroatoms. The molecule has 0 radical (unpaired) electrons. The number of nitro benzene ring substituents is 1. The van der Waals surface area contributed by atoms with Crippen LogP contribution >= 0.6 is 0 Å². The lowest BCUT2D eigenvalue weighted by Crippen LogP contribution is -2.41. The lowest BCUT2D eigenvalue weighted by Gasteiger charge is -2.32. The highest BCUT2D eigenvalue weighted by molar-refractivity contribution is 6.62. The number of nitrogens with zero attached hydrogens (tertiary/aromatic N) is 2. The number of hydrogen-bond donors (Lipinski definition) is 0. The van der Waals surface area contributed by atoms with Crippen molar-refractivity contribution in [3.05, 3.63) is 33.9 Å². The standard InChI is InChI=1S/C16H26BN2O4/c1-15(2)16(3,4)23-17(22-15)14-9-8-13(18(20)21)10-12(14)11-19(5,6)7/h8-10H,11H2,1-7H3/q+1. The smallest absolute Gasteiger partial charge is 0.399 e. The Morgan fingerprint density at radius 3 is 2.09 bits per heavy atom. The molecular formula is C16H26BN2O4+. The van der Waals surface area contributed by atoms with Gasteiger partial charge in [-0.1, -0.05) is 6.07 Å². The Morgan fingerprint density at radius 2 is 1.65 bits per heavy atom. The van der Waals surface area contributed by atoms with Crippen molar-refractivity contribution in [3.8, 4) is 0 Å². The van der Waals surface area contributed by atoms with Crippen LogP contribution < -0.4 is 5.46 Å². The van der Waals surface area contributed by atoms with Crippen LogP contribution in [0.5, 0.6) is 0 Å². The summed E-state index contributed by atoms with van der Waals surface area (Å²) in [5, 5.41) is 11.1. The number of benzene rings is 1. The first-order valence-electron chi connectivity index (χ1n) is 7.76. The fourth-order valence-electron chi connectivity index (χ4n) is 2.55. The van der Waals surface area contributed by atoms with E-state index >= 15 is 0 Å². The summed E-state index contributed by atoms with van der Waals surface area (Å²) in [5.74, 6) is 0. The molecule has 0 aromatic heterocycles. The molecule has 0 aliphatic carbocycles. The summed E-state index contributed by atoms with van der Waals surface area (Å²) in [6, 6.07) is 4.90. The minimum Gasteiger partial charge on any atom is -0.399 e. The van der Waals surface area contributed by atoms with Gasteiger partial charge in [0.15, 0.2) is 0 Å². The van der Waals surface area contributed by atoms with Gasteiger partial charge in [0.05, 0.1) is 37.3 Å². The normalized spacial score (nSPS) is 19.9. The molecule has 0 N–H and O–H groups in total. The van der Waals surface area contributed by atoms with Gasteiger partial charge < -0.3 is 13.8 Å². The van der Waals surface area contributed by atoms with Crippen molar-refractivity contribution < 1.29 is 18.7 Å². The maximum atomic E-state index is 11.1. The van der Waals surface area contributed by atoms with Gasteiger partial charge in [-0.2, -0.15) is 0 Å². The number of nitro groups is 1. The first kappa shape index (κ1) is 17.9. The van der Waals surface area contributed by atoms with E-state index in [1.54, 1.807) is 12.1 Å². The number of hydrogen-bond acceptors (Lipinski definition) is 4. The predicted molar refractivity (Wildman–Crippen MR) is 90.5 cm³/mol. The maximum absolute atomic E-state index is 11.1. The zero-order valence-electron chi connectivity index (χ0n) is 15.0. The van der Waals surface area contributed by atoms with Crippen molar-refractivity contribution >= 4 is 18.3 Å². The van der Waals surface area contributed by atoms with E-state index in [1.165, 1.54) is 6.07 Å². The summed E-state index contributed by atoms with van der Waals surface area (Å²) in [4.78, 5) is 10.7. The van der Waals surface area contributed by atoms with Crippen LogP contribution in [0.4, 0.5) is 5.69 Å². The molecule has 0 atom stereocenters. The first-order chi connectivity index (χ1) is 10.3. The number of quaternary nitrogens is 1. The summed E-state index contributed by atoms with van der Waals surface area (Å²) in [6.45, 7) is 8.65. The van der Waals surface area contributed by atoms with Gasteiger partial charge in [-0.3, -0.25) is 10.1 Å². The van der Waals surface area contributed by atoms with Gasteiger partial charge in [-0.15, -0.1) is 0 Å². The Hall–Kier alpha value is -1.44. The van der Waals surface area contributed by atoms with Crippen molar-refractivity contribution in [1.82, 2.24) is 0 Å². The van der Waals surface area contributed by atoms with Crippen LogP contribution in [-0.4, -0.2) is 48.9 Å². The molecule has 0 spiro atoms. The molecule has 0 amide bonds. The Bertz CT molecular complexity index is 607. The molecule has 1 aliphatic rings. The van der Waals surface area contributed by atoms with Crippen LogP contribution in [0, 0.1) is 10.1 Å². The third-order valence-corrected chi connectivity index (χ3v) is 4.49. The van der Waals surface area contributed by atoms with Crippen molar-refractivity contribution in [3.63, 3.8) is 0 Å². The molecule has 0 saturated carbocycles. The van der Waals surface area contributed by atoms with Crippen molar-refractivity contribution in [1.29, 1.82) is 0 Å². The Morgan fingerprint density at radius 1 is 1.13 bits per heavy atom. The SMILES string of the molecule is CC1(C)OB(c2ccc([N+](=O)[O-])cc2C[N+](C)(C)C)OC1(C)C. The van der Waals surface area contributed by atoms with Crippen LogP contribution in [0.25, 0.3) is 0 Å². The average Bonchev–Trinajstić information content (AvgIpc) is 2.55. The molecule has 0 bridgehead atoms. The molecule has 23 heavy (non-hydrogen) atoms. The lowest BCUT2D eigenvalue weighted by atomic mass is 9.75. The molecule has 1 aromatic rings. The second kappa shape index (κ2) is 5.58. The highest BCUT2D eigenvalue weighted by Gasteiger charge is 2.52. The monoisotopic (exact) mass is 321 g/mol. The molecule has 0 unspecified atom stereocenters. The third kappa shape index (κ3) is 3.73. The zero-order chi connectivity index (χ0) is 17.6. The van der Waals surface area contributed by atoms with Gasteiger partial charge in [0.2, 0.25) is 0 Å². The molecule has 6 nitrogen and oxygen atoms in total. The van der Waals surface area contributed by atoms with Crippen LogP contribution in [0.15, 0.2) is 18.2 Å². The predicted octanol–water partition coefficient (Wildman–Crippen LogP) is 2.10.